The Bertz CT molecular complexity index is 285. The lowest BCUT2D eigenvalue weighted by Crippen LogP contribution is -2.57. The minimum Gasteiger partial charge on any atom is -0.359 e. The maximum absolute atomic E-state index is 11.8. The summed E-state index contributed by atoms with van der Waals surface area (Å²) in [6.45, 7) is 6.25. The Hall–Kier alpha value is -1.14. The summed E-state index contributed by atoms with van der Waals surface area (Å²) in [5.41, 5.74) is -0.591. The summed E-state index contributed by atoms with van der Waals surface area (Å²) in [5.74, 6) is -0.137. The van der Waals surface area contributed by atoms with Gasteiger partial charge in [-0.25, -0.2) is 0 Å². The van der Waals surface area contributed by atoms with Crippen molar-refractivity contribution in [2.45, 2.75) is 19.9 Å². The molecule has 0 spiro atoms. The van der Waals surface area contributed by atoms with Gasteiger partial charge >= 0.3 is 0 Å². The first-order chi connectivity index (χ1) is 7.97. The summed E-state index contributed by atoms with van der Waals surface area (Å²) in [6, 6.07) is -0.204. The molecule has 6 nitrogen and oxygen atoms in total. The summed E-state index contributed by atoms with van der Waals surface area (Å²) < 4.78 is 0. The zero-order valence-corrected chi connectivity index (χ0v) is 10.7. The molecule has 0 aliphatic carbocycles. The van der Waals surface area contributed by atoms with E-state index >= 15 is 0 Å². The van der Waals surface area contributed by atoms with Crippen LogP contribution in [0.25, 0.3) is 0 Å². The molecular weight excluding hydrogens is 220 g/mol. The van der Waals surface area contributed by atoms with Gasteiger partial charge in [-0.05, 0) is 13.8 Å². The Balaban J connectivity index is 2.39. The standard InChI is InChI=1S/C11H22N4O2/c1-11(2,10(17)12-3)7-15-9(16)8-6-13-4-5-14-8/h8,13-14H,4-7H2,1-3H3,(H,12,17)(H,15,16). The van der Waals surface area contributed by atoms with Crippen LogP contribution in [0, 0.1) is 5.41 Å². The first-order valence-electron chi connectivity index (χ1n) is 5.91. The van der Waals surface area contributed by atoms with Crippen LogP contribution in [-0.2, 0) is 9.59 Å². The Morgan fingerprint density at radius 2 is 2.06 bits per heavy atom. The molecule has 1 fully saturated rings. The van der Waals surface area contributed by atoms with Crippen LogP contribution < -0.4 is 21.3 Å². The van der Waals surface area contributed by atoms with E-state index in [1.54, 1.807) is 20.9 Å². The lowest BCUT2D eigenvalue weighted by Gasteiger charge is -2.27. The predicted molar refractivity (Wildman–Crippen MR) is 65.5 cm³/mol. The van der Waals surface area contributed by atoms with Crippen molar-refractivity contribution in [3.05, 3.63) is 0 Å². The first-order valence-corrected chi connectivity index (χ1v) is 5.91. The molecule has 0 radical (unpaired) electrons. The molecule has 1 saturated heterocycles. The van der Waals surface area contributed by atoms with Crippen molar-refractivity contribution >= 4 is 11.8 Å². The fourth-order valence-electron chi connectivity index (χ4n) is 1.69. The van der Waals surface area contributed by atoms with E-state index in [-0.39, 0.29) is 17.9 Å². The van der Waals surface area contributed by atoms with Crippen LogP contribution >= 0.6 is 0 Å². The number of amides is 2. The molecule has 0 aromatic carbocycles. The molecule has 4 N–H and O–H groups in total. The SMILES string of the molecule is CNC(=O)C(C)(C)CNC(=O)C1CNCCN1. The third-order valence-electron chi connectivity index (χ3n) is 2.90. The molecule has 1 heterocycles. The van der Waals surface area contributed by atoms with Gasteiger partial charge in [-0.15, -0.1) is 0 Å². The maximum Gasteiger partial charge on any atom is 0.238 e. The lowest BCUT2D eigenvalue weighted by atomic mass is 9.92. The Morgan fingerprint density at radius 1 is 1.35 bits per heavy atom. The van der Waals surface area contributed by atoms with Crippen LogP contribution in [0.4, 0.5) is 0 Å². The number of carbonyl (C=O) groups excluding carboxylic acids is 2. The number of hydrogen-bond acceptors (Lipinski definition) is 4. The Kier molecular flexibility index (Phi) is 4.89. The molecule has 1 aliphatic rings. The molecule has 6 heteroatoms. The van der Waals surface area contributed by atoms with E-state index in [4.69, 9.17) is 0 Å². The van der Waals surface area contributed by atoms with Gasteiger partial charge in [-0.1, -0.05) is 0 Å². The van der Waals surface area contributed by atoms with Gasteiger partial charge in [0.25, 0.3) is 0 Å². The Labute approximate surface area is 102 Å². The lowest BCUT2D eigenvalue weighted by molar-refractivity contribution is -0.129. The highest BCUT2D eigenvalue weighted by molar-refractivity contribution is 5.85. The molecule has 1 unspecified atom stereocenters. The largest absolute Gasteiger partial charge is 0.359 e. The number of rotatable bonds is 4. The second-order valence-electron chi connectivity index (χ2n) is 4.89. The van der Waals surface area contributed by atoms with Crippen molar-refractivity contribution in [3.63, 3.8) is 0 Å². The van der Waals surface area contributed by atoms with Gasteiger partial charge in [-0.3, -0.25) is 9.59 Å². The molecule has 17 heavy (non-hydrogen) atoms. The number of piperazine rings is 1. The quantitative estimate of drug-likeness (QED) is 0.480. The third-order valence-corrected chi connectivity index (χ3v) is 2.90. The van der Waals surface area contributed by atoms with Crippen molar-refractivity contribution in [1.82, 2.24) is 21.3 Å². The second kappa shape index (κ2) is 5.97. The summed E-state index contributed by atoms with van der Waals surface area (Å²) in [5, 5.41) is 11.7. The summed E-state index contributed by atoms with van der Waals surface area (Å²) in [6.07, 6.45) is 0. The van der Waals surface area contributed by atoms with Gasteiger partial charge in [0.1, 0.15) is 0 Å². The fraction of sp³-hybridized carbons (Fsp3) is 0.818. The van der Waals surface area contributed by atoms with E-state index in [9.17, 15) is 9.59 Å². The van der Waals surface area contributed by atoms with E-state index < -0.39 is 5.41 Å². The minimum atomic E-state index is -0.591. The van der Waals surface area contributed by atoms with Crippen LogP contribution in [0.1, 0.15) is 13.8 Å². The Morgan fingerprint density at radius 3 is 2.59 bits per heavy atom. The van der Waals surface area contributed by atoms with Gasteiger partial charge in [0.2, 0.25) is 11.8 Å². The average Bonchev–Trinajstić information content (AvgIpc) is 2.36. The van der Waals surface area contributed by atoms with Gasteiger partial charge in [0, 0.05) is 33.2 Å². The summed E-state index contributed by atoms with van der Waals surface area (Å²) in [7, 11) is 1.60. The molecule has 0 saturated carbocycles. The second-order valence-corrected chi connectivity index (χ2v) is 4.89. The van der Waals surface area contributed by atoms with E-state index in [0.29, 0.717) is 13.1 Å². The van der Waals surface area contributed by atoms with Crippen molar-refractivity contribution < 1.29 is 9.59 Å². The summed E-state index contributed by atoms with van der Waals surface area (Å²) in [4.78, 5) is 23.3. The molecule has 1 aliphatic heterocycles. The maximum atomic E-state index is 11.8. The number of nitrogens with one attached hydrogen (secondary N) is 4. The molecule has 1 rings (SSSR count). The van der Waals surface area contributed by atoms with Crippen LogP contribution in [0.15, 0.2) is 0 Å². The smallest absolute Gasteiger partial charge is 0.238 e. The van der Waals surface area contributed by atoms with E-state index in [1.807, 2.05) is 0 Å². The highest BCUT2D eigenvalue weighted by Gasteiger charge is 2.28. The van der Waals surface area contributed by atoms with Crippen LogP contribution in [0.3, 0.4) is 0 Å². The van der Waals surface area contributed by atoms with Gasteiger partial charge < -0.3 is 21.3 Å². The minimum absolute atomic E-state index is 0.0609. The highest BCUT2D eigenvalue weighted by atomic mass is 16.2. The van der Waals surface area contributed by atoms with Gasteiger partial charge in [-0.2, -0.15) is 0 Å². The number of carbonyl (C=O) groups is 2. The van der Waals surface area contributed by atoms with Crippen LogP contribution in [0.2, 0.25) is 0 Å². The van der Waals surface area contributed by atoms with Crippen molar-refractivity contribution in [1.29, 1.82) is 0 Å². The molecule has 0 bridgehead atoms. The third kappa shape index (κ3) is 3.98. The highest BCUT2D eigenvalue weighted by Crippen LogP contribution is 2.13. The predicted octanol–water partition coefficient (Wildman–Crippen LogP) is -1.56. The number of hydrogen-bond donors (Lipinski definition) is 4. The van der Waals surface area contributed by atoms with Crippen molar-refractivity contribution in [3.8, 4) is 0 Å². The monoisotopic (exact) mass is 242 g/mol. The molecule has 1 atom stereocenters. The van der Waals surface area contributed by atoms with E-state index in [2.05, 4.69) is 21.3 Å². The molecule has 0 aromatic rings. The summed E-state index contributed by atoms with van der Waals surface area (Å²) >= 11 is 0. The van der Waals surface area contributed by atoms with Crippen molar-refractivity contribution in [2.75, 3.05) is 33.2 Å². The molecule has 0 aromatic heterocycles. The average molecular weight is 242 g/mol. The first kappa shape index (κ1) is 13.9. The van der Waals surface area contributed by atoms with Gasteiger partial charge in [0.15, 0.2) is 0 Å². The fourth-order valence-corrected chi connectivity index (χ4v) is 1.69. The van der Waals surface area contributed by atoms with Crippen LogP contribution in [0.5, 0.6) is 0 Å². The van der Waals surface area contributed by atoms with Crippen molar-refractivity contribution in [2.24, 2.45) is 5.41 Å². The molecule has 2 amide bonds. The molecule has 98 valence electrons. The topological polar surface area (TPSA) is 82.3 Å². The molecular formula is C11H22N4O2. The van der Waals surface area contributed by atoms with Gasteiger partial charge in [0.05, 0.1) is 11.5 Å². The normalized spacial score (nSPS) is 20.8. The van der Waals surface area contributed by atoms with Crippen LogP contribution in [-0.4, -0.2) is 51.1 Å². The van der Waals surface area contributed by atoms with E-state index in [0.717, 1.165) is 13.1 Å². The zero-order chi connectivity index (χ0) is 12.9. The zero-order valence-electron chi connectivity index (χ0n) is 10.7. The van der Waals surface area contributed by atoms with E-state index in [1.165, 1.54) is 0 Å².